The van der Waals surface area contributed by atoms with E-state index in [9.17, 15) is 4.79 Å². The minimum atomic E-state index is -0.183. The minimum Gasteiger partial charge on any atom is -0.469 e. The molecule has 1 rings (SSSR count). The van der Waals surface area contributed by atoms with Gasteiger partial charge in [0.25, 0.3) is 0 Å². The Balaban J connectivity index is 2.45. The molecule has 1 aliphatic rings. The molecule has 6 heteroatoms. The minimum absolute atomic E-state index is 0.113. The van der Waals surface area contributed by atoms with Crippen LogP contribution in [0.15, 0.2) is 0 Å². The second kappa shape index (κ2) is 8.86. The van der Waals surface area contributed by atoms with Crippen molar-refractivity contribution in [1.82, 2.24) is 10.2 Å². The zero-order valence-electron chi connectivity index (χ0n) is 11.5. The molecule has 2 atom stereocenters. The number of nitriles is 1. The fourth-order valence-corrected chi connectivity index (χ4v) is 2.58. The topological polar surface area (TPSA) is 85.6 Å². The van der Waals surface area contributed by atoms with Crippen LogP contribution in [0.25, 0.3) is 0 Å². The van der Waals surface area contributed by atoms with Gasteiger partial charge in [-0.25, -0.2) is 0 Å². The smallest absolute Gasteiger partial charge is 0.305 e. The molecule has 1 aliphatic heterocycles. The number of carbonyl (C=O) groups is 1. The predicted molar refractivity (Wildman–Crippen MR) is 70.3 cm³/mol. The maximum absolute atomic E-state index is 11.2. The molecule has 19 heavy (non-hydrogen) atoms. The summed E-state index contributed by atoms with van der Waals surface area (Å²) in [4.78, 5) is 13.3. The van der Waals surface area contributed by atoms with Gasteiger partial charge in [0.1, 0.15) is 0 Å². The van der Waals surface area contributed by atoms with Crippen molar-refractivity contribution in [2.45, 2.75) is 25.3 Å². The number of nitrogens with one attached hydrogen (secondary N) is 1. The zero-order chi connectivity index (χ0) is 14.1. The Bertz CT molecular complexity index is 317. The third-order valence-electron chi connectivity index (χ3n) is 3.44. The van der Waals surface area contributed by atoms with Crippen molar-refractivity contribution in [1.29, 1.82) is 5.26 Å². The van der Waals surface area contributed by atoms with Crippen LogP contribution in [0, 0.1) is 17.2 Å². The third kappa shape index (κ3) is 6.01. The van der Waals surface area contributed by atoms with Gasteiger partial charge in [0.15, 0.2) is 0 Å². The summed E-state index contributed by atoms with van der Waals surface area (Å²) < 4.78 is 4.65. The van der Waals surface area contributed by atoms with E-state index >= 15 is 0 Å². The van der Waals surface area contributed by atoms with Gasteiger partial charge in [-0.15, -0.1) is 0 Å². The molecule has 6 nitrogen and oxygen atoms in total. The number of hydrogen-bond donors (Lipinski definition) is 2. The van der Waals surface area contributed by atoms with Crippen LogP contribution in [0.1, 0.15) is 19.3 Å². The van der Waals surface area contributed by atoms with Crippen molar-refractivity contribution in [2.75, 3.05) is 39.9 Å². The molecule has 108 valence electrons. The molecular formula is C13H23N3O3. The summed E-state index contributed by atoms with van der Waals surface area (Å²) >= 11 is 0. The Morgan fingerprint density at radius 1 is 1.58 bits per heavy atom. The monoisotopic (exact) mass is 269 g/mol. The fraction of sp³-hybridized carbons (Fsp3) is 0.846. The van der Waals surface area contributed by atoms with Crippen LogP contribution in [-0.2, 0) is 9.53 Å². The van der Waals surface area contributed by atoms with E-state index in [1.54, 1.807) is 0 Å². The Kier molecular flexibility index (Phi) is 7.41. The van der Waals surface area contributed by atoms with Gasteiger partial charge in [-0.05, 0) is 18.8 Å². The average molecular weight is 269 g/mol. The third-order valence-corrected chi connectivity index (χ3v) is 3.44. The molecule has 0 amide bonds. The summed E-state index contributed by atoms with van der Waals surface area (Å²) in [6.45, 7) is 2.76. The number of rotatable bonds is 7. The first-order valence-corrected chi connectivity index (χ1v) is 6.70. The van der Waals surface area contributed by atoms with Crippen molar-refractivity contribution in [3.05, 3.63) is 0 Å². The van der Waals surface area contributed by atoms with E-state index in [-0.39, 0.29) is 18.6 Å². The summed E-state index contributed by atoms with van der Waals surface area (Å²) in [7, 11) is 1.40. The number of carbonyl (C=O) groups excluding carboxylic acids is 1. The number of nitrogens with zero attached hydrogens (tertiary/aromatic N) is 2. The lowest BCUT2D eigenvalue weighted by atomic mass is 9.90. The molecule has 0 aliphatic carbocycles. The number of methoxy groups -OCH3 is 1. The van der Waals surface area contributed by atoms with Gasteiger partial charge < -0.3 is 15.2 Å². The van der Waals surface area contributed by atoms with Gasteiger partial charge in [0.2, 0.25) is 0 Å². The molecule has 1 fully saturated rings. The maximum atomic E-state index is 11.2. The standard InChI is InChI=1S/C13H23N3O3/c1-19-13(18)3-2-11-8-12(15-5-7-17)10-16(9-11)6-4-14/h11-12,15,17H,2-3,5-10H2,1H3. The van der Waals surface area contributed by atoms with Crippen molar-refractivity contribution < 1.29 is 14.6 Å². The Morgan fingerprint density at radius 3 is 3.00 bits per heavy atom. The molecule has 0 aromatic heterocycles. The predicted octanol–water partition coefficient (Wildman–Crippen LogP) is -0.264. The molecule has 0 aromatic rings. The lowest BCUT2D eigenvalue weighted by molar-refractivity contribution is -0.141. The summed E-state index contributed by atoms with van der Waals surface area (Å²) in [5, 5.41) is 20.9. The second-order valence-electron chi connectivity index (χ2n) is 4.94. The molecule has 0 radical (unpaired) electrons. The number of piperidine rings is 1. The molecule has 2 N–H and O–H groups in total. The molecular weight excluding hydrogens is 246 g/mol. The lowest BCUT2D eigenvalue weighted by Crippen LogP contribution is -2.49. The molecule has 0 saturated carbocycles. The van der Waals surface area contributed by atoms with Gasteiger partial charge in [-0.3, -0.25) is 9.69 Å². The zero-order valence-corrected chi connectivity index (χ0v) is 11.5. The van der Waals surface area contributed by atoms with Gasteiger partial charge in [0.05, 0.1) is 26.3 Å². The van der Waals surface area contributed by atoms with E-state index in [4.69, 9.17) is 10.4 Å². The normalized spacial score (nSPS) is 23.8. The number of hydrogen-bond acceptors (Lipinski definition) is 6. The number of ether oxygens (including phenoxy) is 1. The first-order valence-electron chi connectivity index (χ1n) is 6.70. The van der Waals surface area contributed by atoms with Gasteiger partial charge >= 0.3 is 5.97 Å². The highest BCUT2D eigenvalue weighted by Gasteiger charge is 2.27. The first kappa shape index (κ1) is 15.9. The van der Waals surface area contributed by atoms with Gasteiger partial charge in [-0.1, -0.05) is 0 Å². The first-order chi connectivity index (χ1) is 9.19. The molecule has 0 spiro atoms. The van der Waals surface area contributed by atoms with Crippen LogP contribution in [0.5, 0.6) is 0 Å². The van der Waals surface area contributed by atoms with E-state index < -0.39 is 0 Å². The fourth-order valence-electron chi connectivity index (χ4n) is 2.58. The highest BCUT2D eigenvalue weighted by Crippen LogP contribution is 2.21. The van der Waals surface area contributed by atoms with E-state index in [0.717, 1.165) is 25.9 Å². The van der Waals surface area contributed by atoms with Crippen LogP contribution < -0.4 is 5.32 Å². The SMILES string of the molecule is COC(=O)CCC1CC(NCCO)CN(CC#N)C1. The second-order valence-corrected chi connectivity index (χ2v) is 4.94. The summed E-state index contributed by atoms with van der Waals surface area (Å²) in [6.07, 6.45) is 2.18. The highest BCUT2D eigenvalue weighted by molar-refractivity contribution is 5.69. The Morgan fingerprint density at radius 2 is 2.37 bits per heavy atom. The van der Waals surface area contributed by atoms with Crippen molar-refractivity contribution in [2.24, 2.45) is 5.92 Å². The van der Waals surface area contributed by atoms with Crippen LogP contribution in [0.4, 0.5) is 0 Å². The van der Waals surface area contributed by atoms with Crippen LogP contribution in [-0.4, -0.2) is 61.9 Å². The summed E-state index contributed by atoms with van der Waals surface area (Å²) in [5.41, 5.74) is 0. The van der Waals surface area contributed by atoms with Crippen molar-refractivity contribution in [3.8, 4) is 6.07 Å². The Labute approximate surface area is 114 Å². The number of aliphatic hydroxyl groups is 1. The van der Waals surface area contributed by atoms with Crippen LogP contribution in [0.3, 0.4) is 0 Å². The largest absolute Gasteiger partial charge is 0.469 e. The number of likely N-dealkylation sites (tertiary alicyclic amines) is 1. The van der Waals surface area contributed by atoms with Crippen LogP contribution in [0.2, 0.25) is 0 Å². The average Bonchev–Trinajstić information content (AvgIpc) is 2.42. The van der Waals surface area contributed by atoms with Crippen molar-refractivity contribution >= 4 is 5.97 Å². The quantitative estimate of drug-likeness (QED) is 0.489. The van der Waals surface area contributed by atoms with Crippen molar-refractivity contribution in [3.63, 3.8) is 0 Å². The lowest BCUT2D eigenvalue weighted by Gasteiger charge is -2.37. The van der Waals surface area contributed by atoms with E-state index in [1.165, 1.54) is 7.11 Å². The summed E-state index contributed by atoms with van der Waals surface area (Å²) in [6, 6.07) is 2.44. The Hall–Kier alpha value is -1.16. The van der Waals surface area contributed by atoms with Gasteiger partial charge in [0, 0.05) is 32.1 Å². The number of aliphatic hydroxyl groups excluding tert-OH is 1. The van der Waals surface area contributed by atoms with Crippen LogP contribution >= 0.6 is 0 Å². The molecule has 1 saturated heterocycles. The highest BCUT2D eigenvalue weighted by atomic mass is 16.5. The molecule has 0 bridgehead atoms. The molecule has 0 aromatic carbocycles. The molecule has 1 heterocycles. The number of esters is 1. The summed E-state index contributed by atoms with van der Waals surface area (Å²) in [5.74, 6) is 0.203. The molecule has 2 unspecified atom stereocenters. The van der Waals surface area contributed by atoms with E-state index in [1.807, 2.05) is 0 Å². The van der Waals surface area contributed by atoms with Gasteiger partial charge in [-0.2, -0.15) is 5.26 Å². The van der Waals surface area contributed by atoms with E-state index in [2.05, 4.69) is 21.0 Å². The maximum Gasteiger partial charge on any atom is 0.305 e. The van der Waals surface area contributed by atoms with E-state index in [0.29, 0.717) is 25.4 Å².